The molecule has 1 aliphatic heterocycles. The summed E-state index contributed by atoms with van der Waals surface area (Å²) in [6.45, 7) is 7.22. The molecule has 7 heteroatoms. The molecule has 0 N–H and O–H groups in total. The molecule has 2 aromatic rings. The average Bonchev–Trinajstić information content (AvgIpc) is 3.05. The number of hydrogen-bond donors (Lipinski definition) is 0. The molecule has 0 amide bonds. The van der Waals surface area contributed by atoms with Crippen molar-refractivity contribution >= 4 is 10.0 Å². The largest absolute Gasteiger partial charge is 0.361 e. The zero-order chi connectivity index (χ0) is 15.9. The first kappa shape index (κ1) is 15.3. The van der Waals surface area contributed by atoms with Crippen LogP contribution < -0.4 is 0 Å². The molecule has 6 nitrogen and oxygen atoms in total. The first-order valence-corrected chi connectivity index (χ1v) is 9.10. The van der Waals surface area contributed by atoms with Gasteiger partial charge in [-0.1, -0.05) is 5.16 Å². The second kappa shape index (κ2) is 5.55. The minimum absolute atomic E-state index is 0.124. The summed E-state index contributed by atoms with van der Waals surface area (Å²) in [5.74, 6) is 0.943. The van der Waals surface area contributed by atoms with Crippen molar-refractivity contribution in [3.8, 4) is 0 Å². The van der Waals surface area contributed by atoms with Gasteiger partial charge in [-0.15, -0.1) is 0 Å². The van der Waals surface area contributed by atoms with E-state index in [4.69, 9.17) is 4.52 Å². The minimum Gasteiger partial charge on any atom is -0.361 e. The lowest BCUT2D eigenvalue weighted by Crippen LogP contribution is -2.36. The van der Waals surface area contributed by atoms with Gasteiger partial charge in [-0.05, 0) is 32.9 Å². The van der Waals surface area contributed by atoms with Crippen LogP contribution in [0.5, 0.6) is 0 Å². The maximum absolute atomic E-state index is 12.1. The van der Waals surface area contributed by atoms with E-state index in [0.717, 1.165) is 28.4 Å². The van der Waals surface area contributed by atoms with Crippen LogP contribution in [0.4, 0.5) is 0 Å². The Hall–Kier alpha value is -1.60. The summed E-state index contributed by atoms with van der Waals surface area (Å²) in [6.07, 6.45) is 0.588. The fraction of sp³-hybridized carbons (Fsp3) is 0.533. The maximum atomic E-state index is 12.1. The van der Waals surface area contributed by atoms with Crippen molar-refractivity contribution in [2.45, 2.75) is 40.3 Å². The third-order valence-corrected chi connectivity index (χ3v) is 6.19. The topological polar surface area (TPSA) is 68.3 Å². The maximum Gasteiger partial charge on any atom is 0.214 e. The fourth-order valence-corrected chi connectivity index (χ4v) is 3.94. The highest BCUT2D eigenvalue weighted by molar-refractivity contribution is 7.89. The highest BCUT2D eigenvalue weighted by Gasteiger charge is 2.30. The first-order chi connectivity index (χ1) is 10.4. The molecule has 0 radical (unpaired) electrons. The number of rotatable bonds is 4. The Morgan fingerprint density at radius 1 is 1.27 bits per heavy atom. The summed E-state index contributed by atoms with van der Waals surface area (Å²) in [4.78, 5) is 0. The van der Waals surface area contributed by atoms with E-state index in [1.165, 1.54) is 4.31 Å². The van der Waals surface area contributed by atoms with E-state index in [-0.39, 0.29) is 5.75 Å². The third kappa shape index (κ3) is 2.59. The van der Waals surface area contributed by atoms with Crippen LogP contribution in [0.15, 0.2) is 16.7 Å². The smallest absolute Gasteiger partial charge is 0.214 e. The predicted octanol–water partition coefficient (Wildman–Crippen LogP) is 1.85. The van der Waals surface area contributed by atoms with Crippen molar-refractivity contribution in [3.05, 3.63) is 40.5 Å². The van der Waals surface area contributed by atoms with Gasteiger partial charge in [-0.3, -0.25) is 0 Å². The Kier molecular flexibility index (Phi) is 3.86. The van der Waals surface area contributed by atoms with Crippen LogP contribution in [0.3, 0.4) is 0 Å². The van der Waals surface area contributed by atoms with Crippen molar-refractivity contribution in [2.75, 3.05) is 12.3 Å². The molecule has 0 aromatic carbocycles. The summed E-state index contributed by atoms with van der Waals surface area (Å²) < 4.78 is 33.3. The molecule has 0 aliphatic carbocycles. The molecule has 1 aliphatic rings. The molecule has 0 saturated carbocycles. The molecule has 0 saturated heterocycles. The molecule has 0 atom stereocenters. The van der Waals surface area contributed by atoms with Gasteiger partial charge in [-0.2, -0.15) is 4.31 Å². The van der Waals surface area contributed by atoms with Gasteiger partial charge in [0.15, 0.2) is 0 Å². The lowest BCUT2D eigenvalue weighted by molar-refractivity contribution is 0.330. The van der Waals surface area contributed by atoms with Gasteiger partial charge in [0, 0.05) is 36.5 Å². The van der Waals surface area contributed by atoms with Crippen LogP contribution in [-0.2, 0) is 29.5 Å². The third-order valence-electron chi connectivity index (χ3n) is 4.36. The molecular weight excluding hydrogens is 302 g/mol. The van der Waals surface area contributed by atoms with E-state index in [1.54, 1.807) is 6.92 Å². The van der Waals surface area contributed by atoms with Crippen molar-refractivity contribution in [1.29, 1.82) is 0 Å². The van der Waals surface area contributed by atoms with E-state index < -0.39 is 10.0 Å². The van der Waals surface area contributed by atoms with Crippen LogP contribution in [0.25, 0.3) is 0 Å². The zero-order valence-corrected chi connectivity index (χ0v) is 14.0. The fourth-order valence-electron chi connectivity index (χ4n) is 2.88. The summed E-state index contributed by atoms with van der Waals surface area (Å²) in [5, 5.41) is 4.18. The Labute approximate surface area is 130 Å². The van der Waals surface area contributed by atoms with Gasteiger partial charge in [-0.25, -0.2) is 8.42 Å². The normalized spacial score (nSPS) is 16.0. The summed E-state index contributed by atoms with van der Waals surface area (Å²) in [6, 6.07) is 4.13. The quantitative estimate of drug-likeness (QED) is 0.861. The standard InChI is InChI=1S/C15H21N3O3S/c1-4-22(19,20)17-8-7-15-13(9-17)14(16-21-15)10-18-11(2)5-6-12(18)3/h5-6H,4,7-10H2,1-3H3. The second-order valence-corrected chi connectivity index (χ2v) is 7.97. The van der Waals surface area contributed by atoms with E-state index >= 15 is 0 Å². The number of fused-ring (bicyclic) bond motifs is 1. The van der Waals surface area contributed by atoms with Crippen molar-refractivity contribution < 1.29 is 12.9 Å². The van der Waals surface area contributed by atoms with Crippen LogP contribution >= 0.6 is 0 Å². The second-order valence-electron chi connectivity index (χ2n) is 5.72. The van der Waals surface area contributed by atoms with Crippen LogP contribution in [0, 0.1) is 13.8 Å². The number of sulfonamides is 1. The van der Waals surface area contributed by atoms with Crippen LogP contribution in [0.2, 0.25) is 0 Å². The van der Waals surface area contributed by atoms with Gasteiger partial charge < -0.3 is 9.09 Å². The van der Waals surface area contributed by atoms with Crippen LogP contribution in [-0.4, -0.2) is 34.7 Å². The van der Waals surface area contributed by atoms with E-state index in [0.29, 0.717) is 26.1 Å². The lowest BCUT2D eigenvalue weighted by atomic mass is 10.1. The van der Waals surface area contributed by atoms with Crippen LogP contribution in [0.1, 0.15) is 35.3 Å². The molecule has 0 bridgehead atoms. The van der Waals surface area contributed by atoms with Gasteiger partial charge >= 0.3 is 0 Å². The van der Waals surface area contributed by atoms with Crippen molar-refractivity contribution in [3.63, 3.8) is 0 Å². The summed E-state index contributed by atoms with van der Waals surface area (Å²) >= 11 is 0. The van der Waals surface area contributed by atoms with Crippen molar-refractivity contribution in [1.82, 2.24) is 14.0 Å². The molecule has 22 heavy (non-hydrogen) atoms. The molecule has 0 fully saturated rings. The van der Waals surface area contributed by atoms with E-state index in [2.05, 4.69) is 21.9 Å². The molecule has 3 rings (SSSR count). The number of aromatic nitrogens is 2. The highest BCUT2D eigenvalue weighted by atomic mass is 32.2. The van der Waals surface area contributed by atoms with Gasteiger partial charge in [0.25, 0.3) is 0 Å². The Bertz CT molecular complexity index is 770. The minimum atomic E-state index is -3.18. The molecule has 3 heterocycles. The molecule has 120 valence electrons. The number of hydrogen-bond acceptors (Lipinski definition) is 4. The van der Waals surface area contributed by atoms with E-state index in [1.807, 2.05) is 13.8 Å². The SMILES string of the molecule is CCS(=O)(=O)N1CCc2onc(Cn3c(C)ccc3C)c2C1. The van der Waals surface area contributed by atoms with Gasteiger partial charge in [0.05, 0.1) is 12.3 Å². The monoisotopic (exact) mass is 323 g/mol. The highest BCUT2D eigenvalue weighted by Crippen LogP contribution is 2.25. The first-order valence-electron chi connectivity index (χ1n) is 7.49. The lowest BCUT2D eigenvalue weighted by Gasteiger charge is -2.25. The Morgan fingerprint density at radius 3 is 2.59 bits per heavy atom. The molecule has 0 unspecified atom stereocenters. The van der Waals surface area contributed by atoms with Crippen molar-refractivity contribution in [2.24, 2.45) is 0 Å². The van der Waals surface area contributed by atoms with Gasteiger partial charge in [0.2, 0.25) is 10.0 Å². The molecule has 2 aromatic heterocycles. The number of nitrogens with zero attached hydrogens (tertiary/aromatic N) is 3. The summed E-state index contributed by atoms with van der Waals surface area (Å²) in [7, 11) is -3.18. The predicted molar refractivity (Wildman–Crippen MR) is 83.1 cm³/mol. The molecular formula is C15H21N3O3S. The zero-order valence-electron chi connectivity index (χ0n) is 13.2. The average molecular weight is 323 g/mol. The van der Waals surface area contributed by atoms with E-state index in [9.17, 15) is 8.42 Å². The Morgan fingerprint density at radius 2 is 1.95 bits per heavy atom. The Balaban J connectivity index is 1.90. The summed E-state index contributed by atoms with van der Waals surface area (Å²) in [5.41, 5.74) is 4.07. The van der Waals surface area contributed by atoms with Gasteiger partial charge in [0.1, 0.15) is 11.5 Å². The number of aryl methyl sites for hydroxylation is 2. The molecule has 0 spiro atoms.